The molecule has 0 aromatic heterocycles. The molecule has 0 aliphatic carbocycles. The highest BCUT2D eigenvalue weighted by Crippen LogP contribution is 2.07. The van der Waals surface area contributed by atoms with E-state index in [2.05, 4.69) is 10.0 Å². The molecule has 1 aliphatic rings. The van der Waals surface area contributed by atoms with Crippen LogP contribution in [0, 0.1) is 0 Å². The zero-order valence-corrected chi connectivity index (χ0v) is 9.60. The topological polar surface area (TPSA) is 61.4 Å². The Morgan fingerprint density at radius 3 is 2.86 bits per heavy atom. The summed E-state index contributed by atoms with van der Waals surface area (Å²) >= 11 is 0. The molecule has 1 heterocycles. The van der Waals surface area contributed by atoms with Gasteiger partial charge in [-0.1, -0.05) is 6.92 Å². The number of nitrogens with zero attached hydrogens (tertiary/aromatic N) is 1. The largest absolute Gasteiger partial charge is 0.314 e. The molecular weight excluding hydrogens is 202 g/mol. The van der Waals surface area contributed by atoms with Crippen LogP contribution < -0.4 is 10.0 Å². The standard InChI is InChI=1S/C8H19N3O2S/c1-3-4-10-14(12,13)11-6-5-9-7-8(11)2/h8-10H,3-7H2,1-2H3/t8-/m1/s1. The number of hydrogen-bond acceptors (Lipinski definition) is 3. The molecule has 1 saturated heterocycles. The maximum Gasteiger partial charge on any atom is 0.279 e. The molecule has 1 atom stereocenters. The third-order valence-corrected chi connectivity index (χ3v) is 4.01. The van der Waals surface area contributed by atoms with Gasteiger partial charge in [0.25, 0.3) is 10.2 Å². The molecule has 0 radical (unpaired) electrons. The normalized spacial score (nSPS) is 25.1. The predicted molar refractivity (Wildman–Crippen MR) is 56.3 cm³/mol. The maximum absolute atomic E-state index is 11.7. The van der Waals surface area contributed by atoms with E-state index in [1.165, 1.54) is 4.31 Å². The summed E-state index contributed by atoms with van der Waals surface area (Å²) in [7, 11) is -3.25. The summed E-state index contributed by atoms with van der Waals surface area (Å²) in [5, 5.41) is 3.16. The Kier molecular flexibility index (Phi) is 4.31. The van der Waals surface area contributed by atoms with E-state index in [4.69, 9.17) is 0 Å². The highest BCUT2D eigenvalue weighted by atomic mass is 32.2. The van der Waals surface area contributed by atoms with Crippen LogP contribution in [0.1, 0.15) is 20.3 Å². The van der Waals surface area contributed by atoms with Crippen LogP contribution in [0.5, 0.6) is 0 Å². The molecule has 0 aromatic carbocycles. The van der Waals surface area contributed by atoms with Crippen LogP contribution in [0.15, 0.2) is 0 Å². The van der Waals surface area contributed by atoms with Gasteiger partial charge in [0.1, 0.15) is 0 Å². The fourth-order valence-electron chi connectivity index (χ4n) is 1.49. The van der Waals surface area contributed by atoms with Crippen LogP contribution in [-0.2, 0) is 10.2 Å². The zero-order valence-electron chi connectivity index (χ0n) is 8.78. The third-order valence-electron chi connectivity index (χ3n) is 2.28. The Labute approximate surface area is 86.0 Å². The number of hydrogen-bond donors (Lipinski definition) is 2. The fraction of sp³-hybridized carbons (Fsp3) is 1.00. The molecule has 0 bridgehead atoms. The minimum absolute atomic E-state index is 0.0399. The second-order valence-corrected chi connectivity index (χ2v) is 5.27. The summed E-state index contributed by atoms with van der Waals surface area (Å²) in [4.78, 5) is 0. The van der Waals surface area contributed by atoms with Crippen molar-refractivity contribution in [2.45, 2.75) is 26.3 Å². The lowest BCUT2D eigenvalue weighted by Crippen LogP contribution is -2.55. The van der Waals surface area contributed by atoms with Crippen molar-refractivity contribution in [1.82, 2.24) is 14.3 Å². The zero-order chi connectivity index (χ0) is 10.6. The number of rotatable bonds is 4. The maximum atomic E-state index is 11.7. The third kappa shape index (κ3) is 2.91. The van der Waals surface area contributed by atoms with Crippen molar-refractivity contribution < 1.29 is 8.42 Å². The van der Waals surface area contributed by atoms with Crippen molar-refractivity contribution in [3.63, 3.8) is 0 Å². The molecule has 1 aliphatic heterocycles. The molecule has 84 valence electrons. The molecule has 0 amide bonds. The second kappa shape index (κ2) is 5.06. The van der Waals surface area contributed by atoms with Gasteiger partial charge >= 0.3 is 0 Å². The van der Waals surface area contributed by atoms with E-state index in [1.54, 1.807) is 0 Å². The highest BCUT2D eigenvalue weighted by Gasteiger charge is 2.28. The van der Waals surface area contributed by atoms with Gasteiger partial charge in [0.15, 0.2) is 0 Å². The molecule has 0 aromatic rings. The molecule has 0 saturated carbocycles. The molecular formula is C8H19N3O2S. The Morgan fingerprint density at radius 2 is 2.29 bits per heavy atom. The van der Waals surface area contributed by atoms with E-state index in [0.29, 0.717) is 13.1 Å². The van der Waals surface area contributed by atoms with E-state index in [0.717, 1.165) is 19.5 Å². The quantitative estimate of drug-likeness (QED) is 0.674. The van der Waals surface area contributed by atoms with E-state index in [9.17, 15) is 8.42 Å². The van der Waals surface area contributed by atoms with Gasteiger partial charge in [0.05, 0.1) is 0 Å². The Morgan fingerprint density at radius 1 is 1.57 bits per heavy atom. The second-order valence-electron chi connectivity index (χ2n) is 3.56. The summed E-state index contributed by atoms with van der Waals surface area (Å²) in [5.74, 6) is 0. The molecule has 14 heavy (non-hydrogen) atoms. The fourth-order valence-corrected chi connectivity index (χ4v) is 3.00. The van der Waals surface area contributed by atoms with Crippen molar-refractivity contribution in [3.05, 3.63) is 0 Å². The van der Waals surface area contributed by atoms with Crippen LogP contribution in [0.2, 0.25) is 0 Å². The van der Waals surface area contributed by atoms with Crippen molar-refractivity contribution in [3.8, 4) is 0 Å². The average molecular weight is 221 g/mol. The van der Waals surface area contributed by atoms with Gasteiger partial charge < -0.3 is 5.32 Å². The lowest BCUT2D eigenvalue weighted by molar-refractivity contribution is 0.280. The van der Waals surface area contributed by atoms with E-state index in [-0.39, 0.29) is 6.04 Å². The van der Waals surface area contributed by atoms with Gasteiger partial charge in [-0.2, -0.15) is 12.7 Å². The lowest BCUT2D eigenvalue weighted by atomic mass is 10.3. The minimum Gasteiger partial charge on any atom is -0.314 e. The van der Waals surface area contributed by atoms with Gasteiger partial charge in [-0.25, -0.2) is 4.72 Å². The SMILES string of the molecule is CCCNS(=O)(=O)N1CCNC[C@H]1C. The smallest absolute Gasteiger partial charge is 0.279 e. The van der Waals surface area contributed by atoms with Crippen LogP contribution in [0.25, 0.3) is 0 Å². The van der Waals surface area contributed by atoms with Gasteiger partial charge in [-0.05, 0) is 13.3 Å². The highest BCUT2D eigenvalue weighted by molar-refractivity contribution is 7.87. The molecule has 2 N–H and O–H groups in total. The van der Waals surface area contributed by atoms with Gasteiger partial charge in [0, 0.05) is 32.2 Å². The summed E-state index contributed by atoms with van der Waals surface area (Å²) in [6.45, 7) is 6.39. The average Bonchev–Trinajstić information content (AvgIpc) is 2.15. The first-order chi connectivity index (χ1) is 6.58. The first-order valence-corrected chi connectivity index (χ1v) is 6.49. The first-order valence-electron chi connectivity index (χ1n) is 5.05. The van der Waals surface area contributed by atoms with Crippen LogP contribution >= 0.6 is 0 Å². The first kappa shape index (κ1) is 11.9. The van der Waals surface area contributed by atoms with E-state index >= 15 is 0 Å². The lowest BCUT2D eigenvalue weighted by Gasteiger charge is -2.32. The molecule has 1 rings (SSSR count). The van der Waals surface area contributed by atoms with Gasteiger partial charge in [-0.15, -0.1) is 0 Å². The molecule has 6 heteroatoms. The Bertz CT molecular complexity index is 266. The Hall–Kier alpha value is -0.170. The van der Waals surface area contributed by atoms with Crippen molar-refractivity contribution in [2.75, 3.05) is 26.2 Å². The van der Waals surface area contributed by atoms with Crippen molar-refractivity contribution in [2.24, 2.45) is 0 Å². The molecule has 5 nitrogen and oxygen atoms in total. The Balaban J connectivity index is 2.60. The predicted octanol–water partition coefficient (Wildman–Crippen LogP) is -0.475. The molecule has 0 spiro atoms. The summed E-state index contributed by atoms with van der Waals surface area (Å²) in [5.41, 5.74) is 0. The summed E-state index contributed by atoms with van der Waals surface area (Å²) in [6, 6.07) is 0.0399. The summed E-state index contributed by atoms with van der Waals surface area (Å²) in [6.07, 6.45) is 0.819. The summed E-state index contributed by atoms with van der Waals surface area (Å²) < 4.78 is 27.6. The molecule has 0 unspecified atom stereocenters. The van der Waals surface area contributed by atoms with Crippen LogP contribution in [0.4, 0.5) is 0 Å². The van der Waals surface area contributed by atoms with Crippen molar-refractivity contribution >= 4 is 10.2 Å². The minimum atomic E-state index is -3.25. The van der Waals surface area contributed by atoms with Crippen LogP contribution in [0.3, 0.4) is 0 Å². The number of nitrogens with one attached hydrogen (secondary N) is 2. The van der Waals surface area contributed by atoms with E-state index < -0.39 is 10.2 Å². The molecule has 1 fully saturated rings. The number of piperazine rings is 1. The van der Waals surface area contributed by atoms with E-state index in [1.807, 2.05) is 13.8 Å². The van der Waals surface area contributed by atoms with Gasteiger partial charge in [0.2, 0.25) is 0 Å². The van der Waals surface area contributed by atoms with Crippen molar-refractivity contribution in [1.29, 1.82) is 0 Å². The van der Waals surface area contributed by atoms with Gasteiger partial charge in [-0.3, -0.25) is 0 Å². The van der Waals surface area contributed by atoms with Crippen LogP contribution in [-0.4, -0.2) is 44.9 Å². The monoisotopic (exact) mass is 221 g/mol.